The number of hydrogen-bond acceptors (Lipinski definition) is 7. The molecule has 20 heavy (non-hydrogen) atoms. The van der Waals surface area contributed by atoms with E-state index in [0.717, 1.165) is 16.0 Å². The van der Waals surface area contributed by atoms with Gasteiger partial charge in [0.1, 0.15) is 0 Å². The van der Waals surface area contributed by atoms with E-state index in [9.17, 15) is 4.79 Å². The van der Waals surface area contributed by atoms with Crippen LogP contribution < -0.4 is 5.32 Å². The lowest BCUT2D eigenvalue weighted by atomic mass is 10.3. The Kier molecular flexibility index (Phi) is 5.81. The molecule has 2 rings (SSSR count). The van der Waals surface area contributed by atoms with E-state index in [2.05, 4.69) is 20.9 Å². The first-order valence-corrected chi connectivity index (χ1v) is 8.88. The molecule has 0 spiro atoms. The van der Waals surface area contributed by atoms with E-state index in [1.165, 1.54) is 28.7 Å². The fourth-order valence-corrected chi connectivity index (χ4v) is 3.89. The van der Waals surface area contributed by atoms with Gasteiger partial charge in [0.25, 0.3) is 0 Å². The Labute approximate surface area is 130 Å². The van der Waals surface area contributed by atoms with Crippen LogP contribution in [0.5, 0.6) is 0 Å². The molecule has 0 aromatic carbocycles. The fraction of sp³-hybridized carbons (Fsp3) is 0.417. The molecule has 5 nitrogen and oxygen atoms in total. The molecule has 0 aliphatic carbocycles. The van der Waals surface area contributed by atoms with Crippen LogP contribution >= 0.6 is 34.4 Å². The highest BCUT2D eigenvalue weighted by molar-refractivity contribution is 8.01. The van der Waals surface area contributed by atoms with Gasteiger partial charge in [-0.2, -0.15) is 11.3 Å². The number of nitrogens with one attached hydrogen (secondary N) is 1. The summed E-state index contributed by atoms with van der Waals surface area (Å²) in [4.78, 5) is 13.8. The second-order valence-electron chi connectivity index (χ2n) is 4.07. The van der Waals surface area contributed by atoms with Crippen molar-refractivity contribution in [1.82, 2.24) is 15.1 Å². The van der Waals surface area contributed by atoms with Gasteiger partial charge in [-0.3, -0.25) is 4.79 Å². The highest BCUT2D eigenvalue weighted by atomic mass is 32.2. The van der Waals surface area contributed by atoms with E-state index in [0.29, 0.717) is 12.3 Å². The van der Waals surface area contributed by atoms with Crippen molar-refractivity contribution >= 4 is 45.5 Å². The van der Waals surface area contributed by atoms with Crippen LogP contribution in [0.25, 0.3) is 0 Å². The normalized spacial score (nSPS) is 10.5. The molecular formula is C12H16N4OS3. The fourth-order valence-electron chi connectivity index (χ4n) is 1.47. The highest BCUT2D eigenvalue weighted by Gasteiger charge is 2.12. The van der Waals surface area contributed by atoms with Crippen LogP contribution in [-0.2, 0) is 11.3 Å². The Morgan fingerprint density at radius 3 is 3.05 bits per heavy atom. The largest absolute Gasteiger partial charge is 0.360 e. The molecule has 0 aliphatic heterocycles. The van der Waals surface area contributed by atoms with Crippen molar-refractivity contribution in [3.05, 3.63) is 22.4 Å². The molecule has 0 bridgehead atoms. The number of carbonyl (C=O) groups is 1. The second-order valence-corrected chi connectivity index (χ2v) is 7.05. The Hall–Kier alpha value is -1.12. The zero-order valence-electron chi connectivity index (χ0n) is 11.3. The lowest BCUT2D eigenvalue weighted by molar-refractivity contribution is -0.127. The molecule has 0 saturated carbocycles. The third-order valence-corrected chi connectivity index (χ3v) is 5.21. The number of thioether (sulfide) groups is 1. The first-order valence-electron chi connectivity index (χ1n) is 6.14. The summed E-state index contributed by atoms with van der Waals surface area (Å²) in [5.74, 6) is 0.489. The van der Waals surface area contributed by atoms with Gasteiger partial charge < -0.3 is 10.2 Å². The topological polar surface area (TPSA) is 58.1 Å². The van der Waals surface area contributed by atoms with Crippen molar-refractivity contribution < 1.29 is 4.79 Å². The SMILES string of the molecule is CCNc1nnc(SCC(=O)N(C)Cc2ccsc2)s1. The van der Waals surface area contributed by atoms with Gasteiger partial charge in [0.05, 0.1) is 5.75 Å². The monoisotopic (exact) mass is 328 g/mol. The molecule has 8 heteroatoms. The average molecular weight is 328 g/mol. The van der Waals surface area contributed by atoms with Crippen LogP contribution in [0.3, 0.4) is 0 Å². The number of rotatable bonds is 7. The summed E-state index contributed by atoms with van der Waals surface area (Å²) < 4.78 is 0.818. The third-order valence-electron chi connectivity index (χ3n) is 2.48. The van der Waals surface area contributed by atoms with Crippen LogP contribution in [0, 0.1) is 0 Å². The van der Waals surface area contributed by atoms with Gasteiger partial charge in [-0.15, -0.1) is 10.2 Å². The van der Waals surface area contributed by atoms with E-state index >= 15 is 0 Å². The number of aromatic nitrogens is 2. The van der Waals surface area contributed by atoms with Crippen molar-refractivity contribution in [1.29, 1.82) is 0 Å². The molecule has 108 valence electrons. The summed E-state index contributed by atoms with van der Waals surface area (Å²) in [6, 6.07) is 2.04. The molecule has 1 N–H and O–H groups in total. The van der Waals surface area contributed by atoms with Crippen molar-refractivity contribution in [2.24, 2.45) is 0 Å². The molecule has 2 aromatic rings. The number of nitrogens with zero attached hydrogens (tertiary/aromatic N) is 3. The number of hydrogen-bond donors (Lipinski definition) is 1. The smallest absolute Gasteiger partial charge is 0.233 e. The summed E-state index contributed by atoms with van der Waals surface area (Å²) in [6.45, 7) is 3.49. The average Bonchev–Trinajstić information content (AvgIpc) is 3.08. The number of anilines is 1. The molecule has 0 radical (unpaired) electrons. The van der Waals surface area contributed by atoms with Gasteiger partial charge >= 0.3 is 0 Å². The van der Waals surface area contributed by atoms with Crippen molar-refractivity contribution in [3.63, 3.8) is 0 Å². The maximum atomic E-state index is 12.0. The maximum Gasteiger partial charge on any atom is 0.233 e. The number of amides is 1. The van der Waals surface area contributed by atoms with Gasteiger partial charge in [-0.05, 0) is 29.3 Å². The molecule has 0 fully saturated rings. The zero-order valence-corrected chi connectivity index (χ0v) is 13.8. The molecule has 2 heterocycles. The van der Waals surface area contributed by atoms with Crippen LogP contribution in [0.1, 0.15) is 12.5 Å². The van der Waals surface area contributed by atoms with Gasteiger partial charge in [0.15, 0.2) is 4.34 Å². The predicted molar refractivity (Wildman–Crippen MR) is 85.6 cm³/mol. The van der Waals surface area contributed by atoms with Gasteiger partial charge in [0.2, 0.25) is 11.0 Å². The minimum Gasteiger partial charge on any atom is -0.360 e. The Morgan fingerprint density at radius 2 is 2.35 bits per heavy atom. The van der Waals surface area contributed by atoms with Gasteiger partial charge in [-0.25, -0.2) is 0 Å². The summed E-state index contributed by atoms with van der Waals surface area (Å²) >= 11 is 4.55. The van der Waals surface area contributed by atoms with E-state index in [4.69, 9.17) is 0 Å². The van der Waals surface area contributed by atoms with Gasteiger partial charge in [0, 0.05) is 20.1 Å². The van der Waals surface area contributed by atoms with Crippen molar-refractivity contribution in [2.45, 2.75) is 17.8 Å². The molecule has 0 saturated heterocycles. The molecule has 0 unspecified atom stereocenters. The second kappa shape index (κ2) is 7.61. The van der Waals surface area contributed by atoms with Gasteiger partial charge in [-0.1, -0.05) is 23.1 Å². The molecule has 0 atom stereocenters. The summed E-state index contributed by atoms with van der Waals surface area (Å²) in [6.07, 6.45) is 0. The minimum absolute atomic E-state index is 0.0985. The molecular weight excluding hydrogens is 312 g/mol. The van der Waals surface area contributed by atoms with E-state index in [1.807, 2.05) is 25.4 Å². The van der Waals surface area contributed by atoms with Crippen LogP contribution in [-0.4, -0.2) is 40.3 Å². The Bertz CT molecular complexity index is 541. The number of thiophene rings is 1. The van der Waals surface area contributed by atoms with Crippen LogP contribution in [0.4, 0.5) is 5.13 Å². The molecule has 1 amide bonds. The summed E-state index contributed by atoms with van der Waals surface area (Å²) in [7, 11) is 1.82. The third kappa shape index (κ3) is 4.46. The number of carbonyl (C=O) groups excluding carboxylic acids is 1. The van der Waals surface area contributed by atoms with Crippen molar-refractivity contribution in [3.8, 4) is 0 Å². The highest BCUT2D eigenvalue weighted by Crippen LogP contribution is 2.25. The summed E-state index contributed by atoms with van der Waals surface area (Å²) in [5, 5.41) is 16.0. The van der Waals surface area contributed by atoms with E-state index < -0.39 is 0 Å². The molecule has 2 aromatic heterocycles. The maximum absolute atomic E-state index is 12.0. The Morgan fingerprint density at radius 1 is 1.50 bits per heavy atom. The first-order chi connectivity index (χ1) is 9.69. The molecule has 0 aliphatic rings. The van der Waals surface area contributed by atoms with Crippen LogP contribution in [0.2, 0.25) is 0 Å². The lowest BCUT2D eigenvalue weighted by Gasteiger charge is -2.15. The zero-order chi connectivity index (χ0) is 14.4. The quantitative estimate of drug-likeness (QED) is 0.792. The first kappa shape index (κ1) is 15.3. The Balaban J connectivity index is 1.78. The minimum atomic E-state index is 0.0985. The standard InChI is InChI=1S/C12H16N4OS3/c1-3-13-11-14-15-12(20-11)19-8-10(17)16(2)6-9-4-5-18-7-9/h4-5,7H,3,6,8H2,1-2H3,(H,13,14). The van der Waals surface area contributed by atoms with E-state index in [-0.39, 0.29) is 5.91 Å². The lowest BCUT2D eigenvalue weighted by Crippen LogP contribution is -2.27. The van der Waals surface area contributed by atoms with Crippen molar-refractivity contribution in [2.75, 3.05) is 24.7 Å². The summed E-state index contributed by atoms with van der Waals surface area (Å²) in [5.41, 5.74) is 1.17. The predicted octanol–water partition coefficient (Wildman–Crippen LogP) is 2.78. The van der Waals surface area contributed by atoms with E-state index in [1.54, 1.807) is 16.2 Å². The van der Waals surface area contributed by atoms with Crippen LogP contribution in [0.15, 0.2) is 21.2 Å².